The lowest BCUT2D eigenvalue weighted by molar-refractivity contribution is -0.139. The Labute approximate surface area is 185 Å². The first-order valence-corrected chi connectivity index (χ1v) is 9.92. The first kappa shape index (κ1) is 23.5. The lowest BCUT2D eigenvalue weighted by Crippen LogP contribution is -2.39. The number of carbonyl (C=O) groups excluding carboxylic acids is 2. The maximum Gasteiger partial charge on any atom is 0.329 e. The first-order valence-electron chi connectivity index (χ1n) is 9.16. The molecule has 0 heterocycles. The van der Waals surface area contributed by atoms with E-state index in [2.05, 4.69) is 15.8 Å². The molecule has 0 spiro atoms. The van der Waals surface area contributed by atoms with Crippen LogP contribution >= 0.6 is 23.2 Å². The normalized spacial score (nSPS) is 10.9. The average Bonchev–Trinajstić information content (AvgIpc) is 2.72. The molecule has 0 atom stereocenters. The van der Waals surface area contributed by atoms with Gasteiger partial charge in [0.25, 0.3) is 0 Å². The predicted octanol–water partition coefficient (Wildman–Crippen LogP) is 3.80. The van der Waals surface area contributed by atoms with Gasteiger partial charge in [0.15, 0.2) is 11.5 Å². The van der Waals surface area contributed by atoms with Gasteiger partial charge in [-0.05, 0) is 41.8 Å². The van der Waals surface area contributed by atoms with E-state index in [4.69, 9.17) is 32.7 Å². The van der Waals surface area contributed by atoms with Gasteiger partial charge >= 0.3 is 11.8 Å². The summed E-state index contributed by atoms with van der Waals surface area (Å²) in [7, 11) is 1.51. The highest BCUT2D eigenvalue weighted by molar-refractivity contribution is 6.36. The zero-order valence-electron chi connectivity index (χ0n) is 16.9. The van der Waals surface area contributed by atoms with Gasteiger partial charge in [0.1, 0.15) is 6.61 Å². The lowest BCUT2D eigenvalue weighted by Gasteiger charge is -2.13. The number of carbonyl (C=O) groups is 2. The molecule has 2 aromatic carbocycles. The number of benzene rings is 2. The Morgan fingerprint density at radius 3 is 2.43 bits per heavy atom. The van der Waals surface area contributed by atoms with E-state index in [1.807, 2.05) is 13.8 Å². The molecule has 0 aromatic heterocycles. The molecule has 2 amide bonds. The van der Waals surface area contributed by atoms with Gasteiger partial charge in [0.05, 0.1) is 13.3 Å². The number of rotatable bonds is 8. The highest BCUT2D eigenvalue weighted by atomic mass is 35.5. The Hall–Kier alpha value is -2.77. The molecule has 0 aliphatic carbocycles. The minimum absolute atomic E-state index is 0.170. The fourth-order valence-electron chi connectivity index (χ4n) is 2.30. The Kier molecular flexibility index (Phi) is 8.95. The molecule has 2 aromatic rings. The van der Waals surface area contributed by atoms with Crippen LogP contribution in [0.2, 0.25) is 10.0 Å². The summed E-state index contributed by atoms with van der Waals surface area (Å²) < 4.78 is 11.1. The molecule has 0 aliphatic rings. The smallest absolute Gasteiger partial charge is 0.329 e. The zero-order valence-corrected chi connectivity index (χ0v) is 18.4. The van der Waals surface area contributed by atoms with Gasteiger partial charge in [-0.15, -0.1) is 0 Å². The molecular formula is C21H23Cl2N3O4. The molecule has 0 radical (unpaired) electrons. The van der Waals surface area contributed by atoms with Gasteiger partial charge < -0.3 is 14.8 Å². The van der Waals surface area contributed by atoms with Crippen molar-refractivity contribution in [3.63, 3.8) is 0 Å². The number of halogens is 2. The van der Waals surface area contributed by atoms with Crippen molar-refractivity contribution in [2.45, 2.75) is 20.5 Å². The number of ether oxygens (including phenoxy) is 2. The summed E-state index contributed by atoms with van der Waals surface area (Å²) in [5.74, 6) is -0.380. The van der Waals surface area contributed by atoms with Crippen LogP contribution in [-0.4, -0.2) is 31.7 Å². The third-order valence-electron chi connectivity index (χ3n) is 3.88. The van der Waals surface area contributed by atoms with E-state index >= 15 is 0 Å². The first-order chi connectivity index (χ1) is 14.3. The second-order valence-corrected chi connectivity index (χ2v) is 7.52. The molecule has 2 N–H and O–H groups in total. The van der Waals surface area contributed by atoms with Crippen molar-refractivity contribution in [1.82, 2.24) is 10.7 Å². The van der Waals surface area contributed by atoms with Crippen LogP contribution in [0, 0.1) is 5.92 Å². The Morgan fingerprint density at radius 1 is 1.10 bits per heavy atom. The summed E-state index contributed by atoms with van der Waals surface area (Å²) in [4.78, 5) is 23.3. The molecule has 7 nitrogen and oxygen atoms in total. The van der Waals surface area contributed by atoms with Crippen molar-refractivity contribution in [3.8, 4) is 11.5 Å². The summed E-state index contributed by atoms with van der Waals surface area (Å²) in [5, 5.41) is 7.33. The number of nitrogens with one attached hydrogen (secondary N) is 2. The van der Waals surface area contributed by atoms with Crippen LogP contribution in [-0.2, 0) is 16.2 Å². The number of hydrogen-bond acceptors (Lipinski definition) is 5. The van der Waals surface area contributed by atoms with E-state index in [-0.39, 0.29) is 12.5 Å². The standard InChI is InChI=1S/C21H23Cl2N3O4/c1-13(2)10-24-20(27)21(28)26-25-11-14-7-8-18(19(9-14)29-3)30-12-15-16(22)5-4-6-17(15)23/h4-9,11,13H,10,12H2,1-3H3,(H,24,27)(H,26,28)/b25-11-. The fourth-order valence-corrected chi connectivity index (χ4v) is 2.80. The highest BCUT2D eigenvalue weighted by Crippen LogP contribution is 2.31. The van der Waals surface area contributed by atoms with Crippen molar-refractivity contribution < 1.29 is 19.1 Å². The Bertz CT molecular complexity index is 912. The van der Waals surface area contributed by atoms with E-state index in [0.717, 1.165) is 0 Å². The largest absolute Gasteiger partial charge is 0.493 e. The van der Waals surface area contributed by atoms with Crippen LogP contribution in [0.4, 0.5) is 0 Å². The molecule has 0 saturated heterocycles. The number of nitrogens with zero attached hydrogens (tertiary/aromatic N) is 1. The van der Waals surface area contributed by atoms with E-state index in [1.54, 1.807) is 36.4 Å². The molecule has 2 rings (SSSR count). The van der Waals surface area contributed by atoms with Crippen LogP contribution in [0.1, 0.15) is 25.0 Å². The molecule has 0 saturated carbocycles. The lowest BCUT2D eigenvalue weighted by atomic mass is 10.2. The maximum absolute atomic E-state index is 11.7. The third kappa shape index (κ3) is 6.93. The molecule has 0 unspecified atom stereocenters. The molecular weight excluding hydrogens is 429 g/mol. The van der Waals surface area contributed by atoms with Crippen molar-refractivity contribution in [1.29, 1.82) is 0 Å². The maximum atomic E-state index is 11.7. The second-order valence-electron chi connectivity index (χ2n) is 6.70. The quantitative estimate of drug-likeness (QED) is 0.362. The Morgan fingerprint density at radius 2 is 1.80 bits per heavy atom. The van der Waals surface area contributed by atoms with Crippen molar-refractivity contribution in [2.24, 2.45) is 11.0 Å². The average molecular weight is 452 g/mol. The minimum atomic E-state index is -0.838. The fraction of sp³-hybridized carbons (Fsp3) is 0.286. The summed E-state index contributed by atoms with van der Waals surface area (Å²) in [5.41, 5.74) is 3.49. The molecule has 0 aliphatic heterocycles. The van der Waals surface area contributed by atoms with Crippen LogP contribution in [0.3, 0.4) is 0 Å². The molecule has 160 valence electrons. The van der Waals surface area contributed by atoms with Crippen LogP contribution in [0.5, 0.6) is 11.5 Å². The Balaban J connectivity index is 1.99. The van der Waals surface area contributed by atoms with Gasteiger partial charge in [-0.3, -0.25) is 9.59 Å². The molecule has 9 heteroatoms. The minimum Gasteiger partial charge on any atom is -0.493 e. The highest BCUT2D eigenvalue weighted by Gasteiger charge is 2.13. The second kappa shape index (κ2) is 11.4. The van der Waals surface area contributed by atoms with Gasteiger partial charge in [-0.2, -0.15) is 5.10 Å². The van der Waals surface area contributed by atoms with Gasteiger partial charge in [-0.1, -0.05) is 43.1 Å². The summed E-state index contributed by atoms with van der Waals surface area (Å²) in [6, 6.07) is 10.3. The van der Waals surface area contributed by atoms with E-state index in [1.165, 1.54) is 13.3 Å². The molecule has 0 bridgehead atoms. The van der Waals surface area contributed by atoms with Crippen LogP contribution < -0.4 is 20.2 Å². The number of hydrazone groups is 1. The van der Waals surface area contributed by atoms with Crippen molar-refractivity contribution in [2.75, 3.05) is 13.7 Å². The number of hydrogen-bond donors (Lipinski definition) is 2. The predicted molar refractivity (Wildman–Crippen MR) is 117 cm³/mol. The van der Waals surface area contributed by atoms with Crippen LogP contribution in [0.15, 0.2) is 41.5 Å². The SMILES string of the molecule is COc1cc(/C=N\NC(=O)C(=O)NCC(C)C)ccc1OCc1c(Cl)cccc1Cl. The van der Waals surface area contributed by atoms with Crippen molar-refractivity contribution >= 4 is 41.2 Å². The van der Waals surface area contributed by atoms with Crippen LogP contribution in [0.25, 0.3) is 0 Å². The third-order valence-corrected chi connectivity index (χ3v) is 4.59. The number of amides is 2. The van der Waals surface area contributed by atoms with E-state index < -0.39 is 11.8 Å². The topological polar surface area (TPSA) is 89.0 Å². The zero-order chi connectivity index (χ0) is 22.1. The van der Waals surface area contributed by atoms with Gasteiger partial charge in [0, 0.05) is 22.2 Å². The molecule has 0 fully saturated rings. The monoisotopic (exact) mass is 451 g/mol. The van der Waals surface area contributed by atoms with Gasteiger partial charge in [0.2, 0.25) is 0 Å². The molecule has 30 heavy (non-hydrogen) atoms. The summed E-state index contributed by atoms with van der Waals surface area (Å²) in [6.07, 6.45) is 1.39. The van der Waals surface area contributed by atoms with Crippen molar-refractivity contribution in [3.05, 3.63) is 57.6 Å². The number of methoxy groups -OCH3 is 1. The summed E-state index contributed by atoms with van der Waals surface area (Å²) in [6.45, 7) is 4.44. The summed E-state index contributed by atoms with van der Waals surface area (Å²) >= 11 is 12.3. The van der Waals surface area contributed by atoms with Gasteiger partial charge in [-0.25, -0.2) is 5.43 Å². The van der Waals surface area contributed by atoms with E-state index in [0.29, 0.717) is 39.2 Å². The van der Waals surface area contributed by atoms with E-state index in [9.17, 15) is 9.59 Å².